The fraction of sp³-hybridized carbons (Fsp3) is 0.536. The number of aliphatic hydroxyl groups excluding tert-OH is 1. The van der Waals surface area contributed by atoms with E-state index in [4.69, 9.17) is 24.2 Å². The summed E-state index contributed by atoms with van der Waals surface area (Å²) in [4.78, 5) is 0. The van der Waals surface area contributed by atoms with Crippen molar-refractivity contribution in [3.05, 3.63) is 53.6 Å². The number of methoxy groups -OCH3 is 2. The number of nitrogens with zero attached hydrogens (tertiary/aromatic N) is 1. The normalized spacial score (nSPS) is 24.6. The van der Waals surface area contributed by atoms with Crippen molar-refractivity contribution in [1.82, 2.24) is 0 Å². The maximum Gasteiger partial charge on any atom is 0.160 e. The zero-order valence-electron chi connectivity index (χ0n) is 20.1. The van der Waals surface area contributed by atoms with Gasteiger partial charge in [0.1, 0.15) is 12.4 Å². The van der Waals surface area contributed by atoms with E-state index < -0.39 is 6.10 Å². The number of ether oxygens (including phenoxy) is 4. The molecule has 4 rings (SSSR count). The Labute approximate surface area is 202 Å². The van der Waals surface area contributed by atoms with Gasteiger partial charge in [0.05, 0.1) is 44.2 Å². The van der Waals surface area contributed by atoms with E-state index in [1.54, 1.807) is 38.5 Å². The first kappa shape index (κ1) is 24.4. The zero-order valence-corrected chi connectivity index (χ0v) is 20.1. The van der Waals surface area contributed by atoms with Gasteiger partial charge in [-0.15, -0.1) is 0 Å². The molecule has 6 nitrogen and oxygen atoms in total. The standard InChI is InChI=1S/C28H35NO5/c1-31-27-10-7-19(16-28(27)32-2)3-4-21-12-25-14-22(15-26(13-21)34-25)11-23(30)18-33-24-8-5-20(17-29)6-9-24/h5-10,16,21-23,25-26,30H,3-4,11-15,18H2,1-2H3. The molecule has 2 saturated heterocycles. The molecule has 2 aromatic rings. The molecule has 6 heteroatoms. The van der Waals surface area contributed by atoms with Crippen molar-refractivity contribution in [1.29, 1.82) is 5.26 Å². The van der Waals surface area contributed by atoms with E-state index in [0.717, 1.165) is 56.4 Å². The molecule has 3 atom stereocenters. The Morgan fingerprint density at radius 3 is 2.29 bits per heavy atom. The Morgan fingerprint density at radius 2 is 1.65 bits per heavy atom. The Hall–Kier alpha value is -2.75. The van der Waals surface area contributed by atoms with Crippen molar-refractivity contribution < 1.29 is 24.1 Å². The molecule has 2 aliphatic rings. The van der Waals surface area contributed by atoms with Crippen molar-refractivity contribution in [2.45, 2.75) is 63.3 Å². The van der Waals surface area contributed by atoms with Crippen molar-refractivity contribution in [3.8, 4) is 23.3 Å². The second-order valence-corrected chi connectivity index (χ2v) is 9.62. The number of aryl methyl sites for hydroxylation is 1. The molecule has 2 heterocycles. The molecule has 2 aliphatic heterocycles. The number of benzene rings is 2. The van der Waals surface area contributed by atoms with E-state index in [0.29, 0.717) is 35.4 Å². The van der Waals surface area contributed by atoms with Crippen molar-refractivity contribution >= 4 is 0 Å². The molecule has 2 bridgehead atoms. The third-order valence-electron chi connectivity index (χ3n) is 7.09. The van der Waals surface area contributed by atoms with Crippen LogP contribution in [0, 0.1) is 23.2 Å². The van der Waals surface area contributed by atoms with Gasteiger partial charge in [0.15, 0.2) is 11.5 Å². The number of hydrogen-bond donors (Lipinski definition) is 1. The topological polar surface area (TPSA) is 80.9 Å². The third kappa shape index (κ3) is 6.43. The van der Waals surface area contributed by atoms with Crippen LogP contribution in [0.3, 0.4) is 0 Å². The Bertz CT molecular complexity index is 956. The Morgan fingerprint density at radius 1 is 0.971 bits per heavy atom. The average Bonchev–Trinajstić information content (AvgIpc) is 2.85. The first-order chi connectivity index (χ1) is 16.6. The minimum Gasteiger partial charge on any atom is -0.493 e. The molecule has 2 fully saturated rings. The van der Waals surface area contributed by atoms with Gasteiger partial charge in [0.25, 0.3) is 0 Å². The minimum atomic E-state index is -0.500. The number of hydrogen-bond acceptors (Lipinski definition) is 6. The summed E-state index contributed by atoms with van der Waals surface area (Å²) in [6.07, 6.45) is 7.21. The van der Waals surface area contributed by atoms with E-state index in [2.05, 4.69) is 18.2 Å². The van der Waals surface area contributed by atoms with Gasteiger partial charge in [0.2, 0.25) is 0 Å². The van der Waals surface area contributed by atoms with Crippen LogP contribution in [0.15, 0.2) is 42.5 Å². The van der Waals surface area contributed by atoms with E-state index in [1.165, 1.54) is 5.56 Å². The van der Waals surface area contributed by atoms with Crippen molar-refractivity contribution in [2.24, 2.45) is 11.8 Å². The summed E-state index contributed by atoms with van der Waals surface area (Å²) in [5.41, 5.74) is 1.88. The first-order valence-corrected chi connectivity index (χ1v) is 12.2. The van der Waals surface area contributed by atoms with E-state index in [9.17, 15) is 5.11 Å². The molecule has 0 saturated carbocycles. The number of fused-ring (bicyclic) bond motifs is 2. The molecule has 1 N–H and O–H groups in total. The van der Waals surface area contributed by atoms with Crippen molar-refractivity contribution in [2.75, 3.05) is 20.8 Å². The second kappa shape index (κ2) is 11.6. The molecule has 2 aromatic carbocycles. The van der Waals surface area contributed by atoms with Crippen LogP contribution in [0.2, 0.25) is 0 Å². The lowest BCUT2D eigenvalue weighted by molar-refractivity contribution is -0.125. The second-order valence-electron chi connectivity index (χ2n) is 9.62. The highest BCUT2D eigenvalue weighted by Gasteiger charge is 2.37. The largest absolute Gasteiger partial charge is 0.493 e. The predicted octanol–water partition coefficient (Wildman–Crippen LogP) is 4.91. The Kier molecular flexibility index (Phi) is 8.31. The van der Waals surface area contributed by atoms with Crippen LogP contribution in [0.25, 0.3) is 0 Å². The number of aliphatic hydroxyl groups is 1. The lowest BCUT2D eigenvalue weighted by Crippen LogP contribution is -2.41. The predicted molar refractivity (Wildman–Crippen MR) is 129 cm³/mol. The maximum absolute atomic E-state index is 10.5. The van der Waals surface area contributed by atoms with Crippen LogP contribution < -0.4 is 14.2 Å². The van der Waals surface area contributed by atoms with E-state index in [-0.39, 0.29) is 6.61 Å². The van der Waals surface area contributed by atoms with Gasteiger partial charge in [-0.1, -0.05) is 6.07 Å². The van der Waals surface area contributed by atoms with Crippen LogP contribution in [-0.4, -0.2) is 44.2 Å². The van der Waals surface area contributed by atoms with Gasteiger partial charge in [-0.05, 0) is 98.7 Å². The Balaban J connectivity index is 1.21. The lowest BCUT2D eigenvalue weighted by atomic mass is 9.76. The molecule has 0 spiro atoms. The summed E-state index contributed by atoms with van der Waals surface area (Å²) in [7, 11) is 3.33. The molecular formula is C28H35NO5. The van der Waals surface area contributed by atoms with E-state index >= 15 is 0 Å². The highest BCUT2D eigenvalue weighted by atomic mass is 16.5. The minimum absolute atomic E-state index is 0.270. The van der Waals surface area contributed by atoms with Crippen LogP contribution in [-0.2, 0) is 11.2 Å². The summed E-state index contributed by atoms with van der Waals surface area (Å²) in [6, 6.07) is 15.3. The van der Waals surface area contributed by atoms with Gasteiger partial charge >= 0.3 is 0 Å². The fourth-order valence-corrected chi connectivity index (χ4v) is 5.47. The molecule has 0 aliphatic carbocycles. The van der Waals surface area contributed by atoms with E-state index in [1.807, 2.05) is 6.07 Å². The van der Waals surface area contributed by atoms with Gasteiger partial charge in [-0.3, -0.25) is 0 Å². The molecule has 34 heavy (non-hydrogen) atoms. The summed E-state index contributed by atoms with van der Waals surface area (Å²) in [5.74, 6) is 3.37. The monoisotopic (exact) mass is 465 g/mol. The highest BCUT2D eigenvalue weighted by Crippen LogP contribution is 2.40. The highest BCUT2D eigenvalue weighted by molar-refractivity contribution is 5.43. The summed E-state index contributed by atoms with van der Waals surface area (Å²) >= 11 is 0. The van der Waals surface area contributed by atoms with Crippen LogP contribution in [0.4, 0.5) is 0 Å². The average molecular weight is 466 g/mol. The summed E-state index contributed by atoms with van der Waals surface area (Å²) in [5, 5.41) is 19.4. The quantitative estimate of drug-likeness (QED) is 0.537. The molecule has 182 valence electrons. The fourth-order valence-electron chi connectivity index (χ4n) is 5.47. The zero-order chi connectivity index (χ0) is 23.9. The van der Waals surface area contributed by atoms with Gasteiger partial charge in [-0.25, -0.2) is 0 Å². The molecular weight excluding hydrogens is 430 g/mol. The summed E-state index contributed by atoms with van der Waals surface area (Å²) in [6.45, 7) is 0.270. The molecule has 0 radical (unpaired) electrons. The number of rotatable bonds is 10. The first-order valence-electron chi connectivity index (χ1n) is 12.2. The summed E-state index contributed by atoms with van der Waals surface area (Å²) < 4.78 is 22.8. The SMILES string of the molecule is COc1ccc(CCC2CC3CC(CC(O)COc4ccc(C#N)cc4)CC(C2)O3)cc1OC. The van der Waals surface area contributed by atoms with Gasteiger partial charge in [-0.2, -0.15) is 5.26 Å². The smallest absolute Gasteiger partial charge is 0.160 e. The van der Waals surface area contributed by atoms with Crippen molar-refractivity contribution in [3.63, 3.8) is 0 Å². The molecule has 0 aromatic heterocycles. The van der Waals surface area contributed by atoms with Crippen LogP contribution in [0.1, 0.15) is 49.7 Å². The molecule has 0 amide bonds. The van der Waals surface area contributed by atoms with Gasteiger partial charge < -0.3 is 24.1 Å². The van der Waals surface area contributed by atoms with Crippen LogP contribution in [0.5, 0.6) is 17.2 Å². The maximum atomic E-state index is 10.5. The third-order valence-corrected chi connectivity index (χ3v) is 7.09. The lowest BCUT2D eigenvalue weighted by Gasteiger charge is -2.43. The van der Waals surface area contributed by atoms with Gasteiger partial charge in [0, 0.05) is 0 Å². The van der Waals surface area contributed by atoms with Crippen LogP contribution >= 0.6 is 0 Å². The number of nitriles is 1. The molecule has 3 unspecified atom stereocenters.